The Labute approximate surface area is 150 Å². The van der Waals surface area contributed by atoms with E-state index in [9.17, 15) is 18.3 Å². The van der Waals surface area contributed by atoms with Crippen molar-refractivity contribution in [2.75, 3.05) is 5.73 Å². The van der Waals surface area contributed by atoms with E-state index in [2.05, 4.69) is 16.5 Å². The summed E-state index contributed by atoms with van der Waals surface area (Å²) < 4.78 is 40.9. The molecule has 0 aliphatic carbocycles. The average molecular weight is 368 g/mol. The van der Waals surface area contributed by atoms with Gasteiger partial charge in [-0.25, -0.2) is 9.97 Å². The van der Waals surface area contributed by atoms with Gasteiger partial charge >= 0.3 is 6.18 Å². The number of hydrogen-bond donors (Lipinski definition) is 2. The summed E-state index contributed by atoms with van der Waals surface area (Å²) in [4.78, 5) is 8.01. The van der Waals surface area contributed by atoms with Crippen molar-refractivity contribution in [1.82, 2.24) is 14.5 Å². The number of alkyl halides is 3. The average Bonchev–Trinajstić information content (AvgIpc) is 2.98. The van der Waals surface area contributed by atoms with Gasteiger partial charge in [-0.3, -0.25) is 0 Å². The highest BCUT2D eigenvalue weighted by atomic mass is 19.4. The summed E-state index contributed by atoms with van der Waals surface area (Å²) in [6.45, 7) is 9.64. The van der Waals surface area contributed by atoms with Crippen LogP contribution in [0.4, 0.5) is 19.0 Å². The normalized spacial score (nSPS) is 13.2. The van der Waals surface area contributed by atoms with Crippen molar-refractivity contribution >= 4 is 11.5 Å². The van der Waals surface area contributed by atoms with E-state index in [4.69, 9.17) is 5.73 Å². The Morgan fingerprint density at radius 3 is 2.58 bits per heavy atom. The Hall–Kier alpha value is -2.35. The van der Waals surface area contributed by atoms with Crippen LogP contribution in [-0.4, -0.2) is 19.6 Å². The summed E-state index contributed by atoms with van der Waals surface area (Å²) in [5, 5.41) is 10.4. The van der Waals surface area contributed by atoms with Crippen molar-refractivity contribution in [2.45, 2.75) is 45.9 Å². The Morgan fingerprint density at radius 1 is 1.38 bits per heavy atom. The van der Waals surface area contributed by atoms with Crippen molar-refractivity contribution < 1.29 is 18.3 Å². The molecule has 1 atom stereocenters. The first-order chi connectivity index (χ1) is 12.1. The number of aromatic nitrogens is 3. The maximum Gasteiger partial charge on any atom is 0.419 e. The number of imidazole rings is 1. The molecule has 0 saturated carbocycles. The molecule has 0 radical (unpaired) electrons. The second-order valence-corrected chi connectivity index (χ2v) is 6.51. The third-order valence-corrected chi connectivity index (χ3v) is 4.03. The number of rotatable bonds is 6. The Bertz CT molecular complexity index is 796. The lowest BCUT2D eigenvalue weighted by Crippen LogP contribution is -2.12. The smallest absolute Gasteiger partial charge is 0.385 e. The fourth-order valence-corrected chi connectivity index (χ4v) is 2.55. The summed E-state index contributed by atoms with van der Waals surface area (Å²) in [5.74, 6) is -0.356. The molecule has 0 bridgehead atoms. The van der Waals surface area contributed by atoms with Gasteiger partial charge in [-0.1, -0.05) is 33.8 Å². The van der Waals surface area contributed by atoms with Crippen LogP contribution in [0.25, 0.3) is 17.0 Å². The maximum absolute atomic E-state index is 13.1. The van der Waals surface area contributed by atoms with Gasteiger partial charge in [0.15, 0.2) is 0 Å². The van der Waals surface area contributed by atoms with Gasteiger partial charge in [-0.05, 0) is 18.4 Å². The molecule has 2 heterocycles. The van der Waals surface area contributed by atoms with E-state index in [1.54, 1.807) is 10.8 Å². The topological polar surface area (TPSA) is 77.0 Å². The molecule has 0 spiro atoms. The van der Waals surface area contributed by atoms with Crippen LogP contribution >= 0.6 is 0 Å². The zero-order valence-corrected chi connectivity index (χ0v) is 15.0. The molecule has 1 unspecified atom stereocenters. The van der Waals surface area contributed by atoms with Gasteiger partial charge in [-0.15, -0.1) is 0 Å². The fraction of sp³-hybridized carbons (Fsp3) is 0.444. The second-order valence-electron chi connectivity index (χ2n) is 6.51. The molecule has 0 aliphatic heterocycles. The van der Waals surface area contributed by atoms with Crippen molar-refractivity contribution in [3.63, 3.8) is 0 Å². The first kappa shape index (κ1) is 20.0. The van der Waals surface area contributed by atoms with E-state index in [1.807, 2.05) is 20.8 Å². The molecular weight excluding hydrogens is 345 g/mol. The van der Waals surface area contributed by atoms with E-state index >= 15 is 0 Å². The van der Waals surface area contributed by atoms with Crippen molar-refractivity contribution in [3.05, 3.63) is 36.4 Å². The number of halogens is 3. The molecule has 26 heavy (non-hydrogen) atoms. The standard InChI is InChI=1S/C18H23F3N4O/c1-5-6-11(4)25-9-14(24-17(25)15(26)10(2)3)12-7-13(18(19,20)21)16(22)23-8-12/h7-10,15,26H,4-6H2,1-3H3,(H2,22,23). The summed E-state index contributed by atoms with van der Waals surface area (Å²) in [6, 6.07) is 0.920. The molecule has 2 rings (SSSR count). The highest BCUT2D eigenvalue weighted by molar-refractivity contribution is 5.63. The molecule has 2 aromatic heterocycles. The van der Waals surface area contributed by atoms with Gasteiger partial charge in [0.1, 0.15) is 17.7 Å². The van der Waals surface area contributed by atoms with Gasteiger partial charge in [0.05, 0.1) is 11.3 Å². The number of pyridine rings is 1. The Morgan fingerprint density at radius 2 is 2.04 bits per heavy atom. The highest BCUT2D eigenvalue weighted by Gasteiger charge is 2.34. The van der Waals surface area contributed by atoms with E-state index in [1.165, 1.54) is 6.20 Å². The van der Waals surface area contributed by atoms with Crippen LogP contribution in [0.5, 0.6) is 0 Å². The number of aliphatic hydroxyl groups excluding tert-OH is 1. The van der Waals surface area contributed by atoms with Crippen LogP contribution in [0.2, 0.25) is 0 Å². The van der Waals surface area contributed by atoms with Crippen LogP contribution in [0.15, 0.2) is 25.0 Å². The molecule has 0 fully saturated rings. The van der Waals surface area contributed by atoms with Crippen molar-refractivity contribution in [1.29, 1.82) is 0 Å². The van der Waals surface area contributed by atoms with E-state index < -0.39 is 23.7 Å². The summed E-state index contributed by atoms with van der Waals surface area (Å²) >= 11 is 0. The predicted octanol–water partition coefficient (Wildman–Crippen LogP) is 4.51. The Kier molecular flexibility index (Phi) is 5.75. The largest absolute Gasteiger partial charge is 0.419 e. The molecule has 3 N–H and O–H groups in total. The minimum Gasteiger partial charge on any atom is -0.385 e. The highest BCUT2D eigenvalue weighted by Crippen LogP contribution is 2.35. The van der Waals surface area contributed by atoms with Crippen LogP contribution in [-0.2, 0) is 6.18 Å². The lowest BCUT2D eigenvalue weighted by molar-refractivity contribution is -0.137. The lowest BCUT2D eigenvalue weighted by Gasteiger charge is -2.17. The monoisotopic (exact) mass is 368 g/mol. The fourth-order valence-electron chi connectivity index (χ4n) is 2.55. The molecule has 2 aromatic rings. The van der Waals surface area contributed by atoms with Crippen LogP contribution < -0.4 is 5.73 Å². The first-order valence-electron chi connectivity index (χ1n) is 8.34. The van der Waals surface area contributed by atoms with Crippen LogP contribution in [0, 0.1) is 5.92 Å². The summed E-state index contributed by atoms with van der Waals surface area (Å²) in [7, 11) is 0. The van der Waals surface area contributed by atoms with Gasteiger partial charge in [0.25, 0.3) is 0 Å². The summed E-state index contributed by atoms with van der Waals surface area (Å²) in [6.07, 6.45) is -1.16. The van der Waals surface area contributed by atoms with E-state index in [0.29, 0.717) is 17.9 Å². The Balaban J connectivity index is 2.57. The number of anilines is 1. The first-order valence-corrected chi connectivity index (χ1v) is 8.34. The zero-order valence-electron chi connectivity index (χ0n) is 15.0. The number of hydrogen-bond acceptors (Lipinski definition) is 4. The predicted molar refractivity (Wildman–Crippen MR) is 94.9 cm³/mol. The maximum atomic E-state index is 13.1. The SMILES string of the molecule is C=C(CCC)n1cc(-c2cnc(N)c(C(F)(F)F)c2)nc1C(O)C(C)C. The minimum atomic E-state index is -4.61. The molecule has 142 valence electrons. The van der Waals surface area contributed by atoms with E-state index in [0.717, 1.165) is 12.5 Å². The summed E-state index contributed by atoms with van der Waals surface area (Å²) in [5.41, 5.74) is 5.50. The third kappa shape index (κ3) is 4.07. The molecule has 0 amide bonds. The molecule has 5 nitrogen and oxygen atoms in total. The third-order valence-electron chi connectivity index (χ3n) is 4.03. The van der Waals surface area contributed by atoms with Crippen molar-refractivity contribution in [3.8, 4) is 11.3 Å². The van der Waals surface area contributed by atoms with Gasteiger partial charge in [0, 0.05) is 23.7 Å². The molecule has 0 aromatic carbocycles. The molecular formula is C18H23F3N4O. The molecule has 0 saturated heterocycles. The van der Waals surface area contributed by atoms with Gasteiger partial charge in [0.2, 0.25) is 0 Å². The number of nitrogens with zero attached hydrogens (tertiary/aromatic N) is 3. The minimum absolute atomic E-state index is 0.117. The van der Waals surface area contributed by atoms with Gasteiger partial charge < -0.3 is 15.4 Å². The van der Waals surface area contributed by atoms with Crippen molar-refractivity contribution in [2.24, 2.45) is 5.92 Å². The lowest BCUT2D eigenvalue weighted by atomic mass is 10.1. The van der Waals surface area contributed by atoms with Crippen LogP contribution in [0.3, 0.4) is 0 Å². The number of aliphatic hydroxyl groups is 1. The molecule has 0 aliphatic rings. The van der Waals surface area contributed by atoms with Crippen LogP contribution in [0.1, 0.15) is 51.1 Å². The number of nitrogen functional groups attached to an aromatic ring is 1. The quantitative estimate of drug-likeness (QED) is 0.787. The number of nitrogens with two attached hydrogens (primary N) is 1. The van der Waals surface area contributed by atoms with E-state index in [-0.39, 0.29) is 17.2 Å². The van der Waals surface area contributed by atoms with Gasteiger partial charge in [-0.2, -0.15) is 13.2 Å². The number of allylic oxidation sites excluding steroid dienone is 1. The zero-order chi connectivity index (χ0) is 19.6. The second kappa shape index (κ2) is 7.49. The molecule has 8 heteroatoms.